The van der Waals surface area contributed by atoms with Gasteiger partial charge < -0.3 is 15.8 Å². The summed E-state index contributed by atoms with van der Waals surface area (Å²) in [5, 5.41) is 3.33. The molecule has 126 valence electrons. The number of benzene rings is 2. The maximum Gasteiger partial charge on any atom is 0.265 e. The Hall–Kier alpha value is -2.53. The largest absolute Gasteiger partial charge is 0.481 e. The van der Waals surface area contributed by atoms with Gasteiger partial charge in [-0.05, 0) is 49.2 Å². The highest BCUT2D eigenvalue weighted by Gasteiger charge is 2.20. The van der Waals surface area contributed by atoms with Crippen LogP contribution in [0.4, 0.5) is 5.69 Å². The van der Waals surface area contributed by atoms with Crippen molar-refractivity contribution in [2.45, 2.75) is 26.4 Å². The molecule has 0 heterocycles. The average Bonchev–Trinajstić information content (AvgIpc) is 2.56. The molecule has 0 unspecified atom stereocenters. The summed E-state index contributed by atoms with van der Waals surface area (Å²) in [5.74, 6) is -0.394. The average molecular weight is 347 g/mol. The fourth-order valence-electron chi connectivity index (χ4n) is 2.20. The summed E-state index contributed by atoms with van der Waals surface area (Å²) in [4.78, 5) is 23.9. The van der Waals surface area contributed by atoms with Gasteiger partial charge in [-0.25, -0.2) is 0 Å². The second-order valence-corrected chi connectivity index (χ2v) is 5.73. The number of halogens is 1. The number of amides is 2. The van der Waals surface area contributed by atoms with Gasteiger partial charge in [-0.2, -0.15) is 0 Å². The summed E-state index contributed by atoms with van der Waals surface area (Å²) in [6, 6.07) is 11.8. The maximum absolute atomic E-state index is 12.5. The molecule has 0 bridgehead atoms. The number of rotatable bonds is 6. The zero-order valence-corrected chi connectivity index (χ0v) is 14.3. The number of primary amides is 1. The Labute approximate surface area is 145 Å². The van der Waals surface area contributed by atoms with Gasteiger partial charge in [0.2, 0.25) is 0 Å². The van der Waals surface area contributed by atoms with Gasteiger partial charge in [0, 0.05) is 5.02 Å². The number of carbonyl (C=O) groups is 2. The van der Waals surface area contributed by atoms with E-state index in [0.29, 0.717) is 22.9 Å². The van der Waals surface area contributed by atoms with E-state index in [1.54, 1.807) is 42.5 Å². The van der Waals surface area contributed by atoms with Gasteiger partial charge >= 0.3 is 0 Å². The van der Waals surface area contributed by atoms with Crippen molar-refractivity contribution in [1.29, 1.82) is 0 Å². The van der Waals surface area contributed by atoms with E-state index in [1.807, 2.05) is 13.8 Å². The molecule has 0 aliphatic rings. The molecule has 6 heteroatoms. The second-order valence-electron chi connectivity index (χ2n) is 5.32. The third kappa shape index (κ3) is 4.26. The summed E-state index contributed by atoms with van der Waals surface area (Å²) in [6.07, 6.45) is -0.238. The van der Waals surface area contributed by atoms with E-state index in [9.17, 15) is 9.59 Å². The van der Waals surface area contributed by atoms with Crippen LogP contribution in [0.1, 0.15) is 29.3 Å². The van der Waals surface area contributed by atoms with Gasteiger partial charge in [0.1, 0.15) is 5.75 Å². The molecule has 2 aromatic carbocycles. The SMILES string of the molecule is CC[C@@H](Oc1ccc(Cl)c(C)c1)C(=O)Nc1ccccc1C(N)=O. The number of anilines is 1. The standard InChI is InChI=1S/C18H19ClN2O3/c1-3-16(24-12-8-9-14(19)11(2)10-12)18(23)21-15-7-5-4-6-13(15)17(20)22/h4-10,16H,3H2,1-2H3,(H2,20,22)(H,21,23)/t16-/m1/s1. The lowest BCUT2D eigenvalue weighted by Gasteiger charge is -2.18. The number of aryl methyl sites for hydroxylation is 1. The van der Waals surface area contributed by atoms with Crippen molar-refractivity contribution in [3.8, 4) is 5.75 Å². The van der Waals surface area contributed by atoms with Crippen LogP contribution in [0.2, 0.25) is 5.02 Å². The second kappa shape index (κ2) is 7.84. The van der Waals surface area contributed by atoms with Crippen LogP contribution in [0.15, 0.2) is 42.5 Å². The third-order valence-electron chi connectivity index (χ3n) is 3.52. The number of nitrogens with one attached hydrogen (secondary N) is 1. The monoisotopic (exact) mass is 346 g/mol. The van der Waals surface area contributed by atoms with Gasteiger partial charge in [0.05, 0.1) is 11.3 Å². The third-order valence-corrected chi connectivity index (χ3v) is 3.95. The Balaban J connectivity index is 2.14. The molecule has 3 N–H and O–H groups in total. The van der Waals surface area contributed by atoms with E-state index in [-0.39, 0.29) is 11.5 Å². The van der Waals surface area contributed by atoms with Crippen molar-refractivity contribution in [2.24, 2.45) is 5.73 Å². The smallest absolute Gasteiger partial charge is 0.265 e. The van der Waals surface area contributed by atoms with Gasteiger partial charge in [-0.15, -0.1) is 0 Å². The molecule has 2 rings (SSSR count). The number of para-hydroxylation sites is 1. The van der Waals surface area contributed by atoms with Crippen LogP contribution in [0, 0.1) is 6.92 Å². The predicted octanol–water partition coefficient (Wildman–Crippen LogP) is 3.54. The Bertz CT molecular complexity index is 762. The minimum absolute atomic E-state index is 0.253. The van der Waals surface area contributed by atoms with Crippen molar-refractivity contribution in [3.05, 3.63) is 58.6 Å². The maximum atomic E-state index is 12.5. The Morgan fingerprint density at radius 3 is 2.58 bits per heavy atom. The normalized spacial score (nSPS) is 11.6. The molecule has 5 nitrogen and oxygen atoms in total. The van der Waals surface area contributed by atoms with E-state index in [1.165, 1.54) is 0 Å². The first-order valence-electron chi connectivity index (χ1n) is 7.55. The van der Waals surface area contributed by atoms with Crippen LogP contribution < -0.4 is 15.8 Å². The number of nitrogens with two attached hydrogens (primary N) is 1. The molecule has 2 amide bonds. The van der Waals surface area contributed by atoms with Gasteiger partial charge in [-0.1, -0.05) is 30.7 Å². The first kappa shape index (κ1) is 17.8. The molecule has 0 fully saturated rings. The lowest BCUT2D eigenvalue weighted by Crippen LogP contribution is -2.33. The molecule has 2 aromatic rings. The van der Waals surface area contributed by atoms with E-state index in [4.69, 9.17) is 22.1 Å². The highest BCUT2D eigenvalue weighted by atomic mass is 35.5. The van der Waals surface area contributed by atoms with Crippen LogP contribution in [-0.2, 0) is 4.79 Å². The number of hydrogen-bond donors (Lipinski definition) is 2. The van der Waals surface area contributed by atoms with Gasteiger partial charge in [0.15, 0.2) is 6.10 Å². The molecular formula is C18H19ClN2O3. The zero-order chi connectivity index (χ0) is 17.7. The number of hydrogen-bond acceptors (Lipinski definition) is 3. The van der Waals surface area contributed by atoms with Crippen molar-refractivity contribution in [3.63, 3.8) is 0 Å². The molecule has 0 radical (unpaired) electrons. The van der Waals surface area contributed by atoms with Crippen molar-refractivity contribution >= 4 is 29.1 Å². The minimum atomic E-state index is -0.702. The topological polar surface area (TPSA) is 81.4 Å². The molecule has 0 saturated carbocycles. The zero-order valence-electron chi connectivity index (χ0n) is 13.5. The molecule has 0 aromatic heterocycles. The molecule has 0 aliphatic heterocycles. The molecular weight excluding hydrogens is 328 g/mol. The molecule has 0 spiro atoms. The first-order chi connectivity index (χ1) is 11.4. The van der Waals surface area contributed by atoms with E-state index >= 15 is 0 Å². The highest BCUT2D eigenvalue weighted by molar-refractivity contribution is 6.31. The van der Waals surface area contributed by atoms with Crippen molar-refractivity contribution in [2.75, 3.05) is 5.32 Å². The first-order valence-corrected chi connectivity index (χ1v) is 7.92. The van der Waals surface area contributed by atoms with Crippen molar-refractivity contribution < 1.29 is 14.3 Å². The summed E-state index contributed by atoms with van der Waals surface area (Å²) >= 11 is 5.99. The van der Waals surface area contributed by atoms with Gasteiger partial charge in [0.25, 0.3) is 11.8 Å². The van der Waals surface area contributed by atoms with Crippen LogP contribution in [0.5, 0.6) is 5.75 Å². The Morgan fingerprint density at radius 1 is 1.25 bits per heavy atom. The number of carbonyl (C=O) groups excluding carboxylic acids is 2. The summed E-state index contributed by atoms with van der Waals surface area (Å²) in [7, 11) is 0. The fourth-order valence-corrected chi connectivity index (χ4v) is 2.31. The summed E-state index contributed by atoms with van der Waals surface area (Å²) in [5.41, 5.74) is 6.80. The molecule has 0 saturated heterocycles. The Morgan fingerprint density at radius 2 is 1.96 bits per heavy atom. The highest BCUT2D eigenvalue weighted by Crippen LogP contribution is 2.23. The van der Waals surface area contributed by atoms with E-state index in [0.717, 1.165) is 5.56 Å². The lowest BCUT2D eigenvalue weighted by atomic mass is 10.1. The summed E-state index contributed by atoms with van der Waals surface area (Å²) < 4.78 is 5.75. The van der Waals surface area contributed by atoms with Crippen molar-refractivity contribution in [1.82, 2.24) is 0 Å². The molecule has 1 atom stereocenters. The fraction of sp³-hybridized carbons (Fsp3) is 0.222. The van der Waals surface area contributed by atoms with Crippen LogP contribution in [-0.4, -0.2) is 17.9 Å². The van der Waals surface area contributed by atoms with E-state index < -0.39 is 12.0 Å². The minimum Gasteiger partial charge on any atom is -0.481 e. The molecule has 0 aliphatic carbocycles. The quantitative estimate of drug-likeness (QED) is 0.839. The van der Waals surface area contributed by atoms with Crippen LogP contribution in [0.25, 0.3) is 0 Å². The van der Waals surface area contributed by atoms with Gasteiger partial charge in [-0.3, -0.25) is 9.59 Å². The predicted molar refractivity (Wildman–Crippen MR) is 94.5 cm³/mol. The van der Waals surface area contributed by atoms with Crippen LogP contribution >= 0.6 is 11.6 Å². The van der Waals surface area contributed by atoms with Crippen LogP contribution in [0.3, 0.4) is 0 Å². The Kier molecular flexibility index (Phi) is 5.82. The molecule has 24 heavy (non-hydrogen) atoms. The lowest BCUT2D eigenvalue weighted by molar-refractivity contribution is -0.122. The number of ether oxygens (including phenoxy) is 1. The summed E-state index contributed by atoms with van der Waals surface area (Å²) in [6.45, 7) is 3.70. The van der Waals surface area contributed by atoms with E-state index in [2.05, 4.69) is 5.32 Å².